The van der Waals surface area contributed by atoms with Gasteiger partial charge in [0, 0.05) is 13.2 Å². The maximum atomic E-state index is 12.3. The van der Waals surface area contributed by atoms with Gasteiger partial charge in [0.15, 0.2) is 0 Å². The van der Waals surface area contributed by atoms with Crippen molar-refractivity contribution in [3.8, 4) is 17.1 Å². The summed E-state index contributed by atoms with van der Waals surface area (Å²) in [6, 6.07) is 14.8. The van der Waals surface area contributed by atoms with Gasteiger partial charge >= 0.3 is 0 Å². The van der Waals surface area contributed by atoms with E-state index in [1.807, 2.05) is 37.4 Å². The van der Waals surface area contributed by atoms with Crippen molar-refractivity contribution in [2.24, 2.45) is 7.05 Å². The molecule has 0 spiro atoms. The monoisotopic (exact) mass is 322 g/mol. The number of pyridine rings is 1. The quantitative estimate of drug-likeness (QED) is 0.783. The molecule has 1 aromatic carbocycles. The number of carbonyl (C=O) groups is 1. The number of methoxy groups -OCH3 is 1. The van der Waals surface area contributed by atoms with Crippen molar-refractivity contribution in [3.63, 3.8) is 0 Å². The van der Waals surface area contributed by atoms with E-state index in [2.05, 4.69) is 15.4 Å². The minimum atomic E-state index is -0.197. The molecule has 24 heavy (non-hydrogen) atoms. The lowest BCUT2D eigenvalue weighted by atomic mass is 10.2. The predicted molar refractivity (Wildman–Crippen MR) is 90.6 cm³/mol. The summed E-state index contributed by atoms with van der Waals surface area (Å²) in [6.07, 6.45) is 1.74. The van der Waals surface area contributed by atoms with E-state index in [9.17, 15) is 4.79 Å². The fraction of sp³-hybridized carbons (Fsp3) is 0.167. The van der Waals surface area contributed by atoms with E-state index in [0.29, 0.717) is 17.9 Å². The highest BCUT2D eigenvalue weighted by molar-refractivity contribution is 5.96. The summed E-state index contributed by atoms with van der Waals surface area (Å²) in [4.78, 5) is 16.6. The number of ether oxygens (including phenoxy) is 1. The first-order chi connectivity index (χ1) is 11.7. The SMILES string of the molecule is COc1ccccc1C(=O)NCc1cc(-c2ccccn2)n(C)n1. The first kappa shape index (κ1) is 15.7. The molecule has 6 nitrogen and oxygen atoms in total. The second-order valence-corrected chi connectivity index (χ2v) is 5.24. The molecular weight excluding hydrogens is 304 g/mol. The van der Waals surface area contributed by atoms with E-state index >= 15 is 0 Å². The highest BCUT2D eigenvalue weighted by atomic mass is 16.5. The van der Waals surface area contributed by atoms with Gasteiger partial charge in [-0.05, 0) is 30.3 Å². The number of aromatic nitrogens is 3. The number of benzene rings is 1. The molecule has 0 aliphatic rings. The first-order valence-corrected chi connectivity index (χ1v) is 7.54. The molecular formula is C18H18N4O2. The lowest BCUT2D eigenvalue weighted by molar-refractivity contribution is 0.0947. The Morgan fingerprint density at radius 1 is 1.21 bits per heavy atom. The summed E-state index contributed by atoms with van der Waals surface area (Å²) in [7, 11) is 3.40. The zero-order valence-electron chi connectivity index (χ0n) is 13.6. The van der Waals surface area contributed by atoms with Crippen LogP contribution in [0, 0.1) is 0 Å². The van der Waals surface area contributed by atoms with E-state index in [1.54, 1.807) is 36.2 Å². The molecule has 1 N–H and O–H groups in total. The van der Waals surface area contributed by atoms with Crippen LogP contribution in [-0.4, -0.2) is 27.8 Å². The van der Waals surface area contributed by atoms with E-state index < -0.39 is 0 Å². The van der Waals surface area contributed by atoms with Crippen molar-refractivity contribution >= 4 is 5.91 Å². The topological polar surface area (TPSA) is 69.0 Å². The second-order valence-electron chi connectivity index (χ2n) is 5.24. The van der Waals surface area contributed by atoms with Crippen molar-refractivity contribution in [2.75, 3.05) is 7.11 Å². The Morgan fingerprint density at radius 2 is 2.00 bits per heavy atom. The molecule has 6 heteroatoms. The van der Waals surface area contributed by atoms with Gasteiger partial charge < -0.3 is 10.1 Å². The molecule has 0 aliphatic carbocycles. The number of carbonyl (C=O) groups excluding carboxylic acids is 1. The molecule has 2 heterocycles. The van der Waals surface area contributed by atoms with E-state index in [0.717, 1.165) is 17.1 Å². The fourth-order valence-corrected chi connectivity index (χ4v) is 2.47. The first-order valence-electron chi connectivity index (χ1n) is 7.54. The second kappa shape index (κ2) is 6.95. The van der Waals surface area contributed by atoms with E-state index in [1.165, 1.54) is 0 Å². The van der Waals surface area contributed by atoms with Crippen LogP contribution in [0.3, 0.4) is 0 Å². The largest absolute Gasteiger partial charge is 0.496 e. The fourth-order valence-electron chi connectivity index (χ4n) is 2.47. The minimum Gasteiger partial charge on any atom is -0.496 e. The molecule has 0 atom stereocenters. The third kappa shape index (κ3) is 3.27. The number of para-hydroxylation sites is 1. The number of aryl methyl sites for hydroxylation is 1. The van der Waals surface area contributed by atoms with Crippen LogP contribution in [0.15, 0.2) is 54.7 Å². The van der Waals surface area contributed by atoms with Gasteiger partial charge in [-0.3, -0.25) is 14.5 Å². The zero-order chi connectivity index (χ0) is 16.9. The number of nitrogens with zero attached hydrogens (tertiary/aromatic N) is 3. The van der Waals surface area contributed by atoms with Crippen LogP contribution in [0.1, 0.15) is 16.1 Å². The highest BCUT2D eigenvalue weighted by Gasteiger charge is 2.13. The van der Waals surface area contributed by atoms with Crippen molar-refractivity contribution in [1.82, 2.24) is 20.1 Å². The lowest BCUT2D eigenvalue weighted by Gasteiger charge is -2.07. The van der Waals surface area contributed by atoms with Crippen molar-refractivity contribution < 1.29 is 9.53 Å². The van der Waals surface area contributed by atoms with E-state index in [-0.39, 0.29) is 5.91 Å². The zero-order valence-corrected chi connectivity index (χ0v) is 13.6. The molecule has 0 aliphatic heterocycles. The van der Waals surface area contributed by atoms with Crippen LogP contribution in [0.4, 0.5) is 0 Å². The Balaban J connectivity index is 1.72. The maximum absolute atomic E-state index is 12.3. The maximum Gasteiger partial charge on any atom is 0.255 e. The molecule has 0 unspecified atom stereocenters. The van der Waals surface area contributed by atoms with Gasteiger partial charge in [-0.1, -0.05) is 18.2 Å². The van der Waals surface area contributed by atoms with Crippen LogP contribution in [0.25, 0.3) is 11.4 Å². The molecule has 0 bridgehead atoms. The lowest BCUT2D eigenvalue weighted by Crippen LogP contribution is -2.23. The number of nitrogens with one attached hydrogen (secondary N) is 1. The average Bonchev–Trinajstić information content (AvgIpc) is 3.01. The molecule has 0 radical (unpaired) electrons. The minimum absolute atomic E-state index is 0.197. The number of hydrogen-bond acceptors (Lipinski definition) is 4. The Morgan fingerprint density at radius 3 is 2.75 bits per heavy atom. The molecule has 0 saturated carbocycles. The normalized spacial score (nSPS) is 10.4. The van der Waals surface area contributed by atoms with Gasteiger partial charge in [-0.25, -0.2) is 0 Å². The van der Waals surface area contributed by atoms with Gasteiger partial charge in [0.25, 0.3) is 5.91 Å². The molecule has 2 aromatic heterocycles. The highest BCUT2D eigenvalue weighted by Crippen LogP contribution is 2.18. The van der Waals surface area contributed by atoms with Crippen LogP contribution >= 0.6 is 0 Å². The van der Waals surface area contributed by atoms with Gasteiger partial charge in [0.05, 0.1) is 36.3 Å². The molecule has 3 rings (SSSR count). The summed E-state index contributed by atoms with van der Waals surface area (Å²) in [5.41, 5.74) is 3.01. The van der Waals surface area contributed by atoms with Crippen LogP contribution in [0.5, 0.6) is 5.75 Å². The predicted octanol–water partition coefficient (Wildman–Crippen LogP) is 2.42. The Kier molecular flexibility index (Phi) is 4.56. The van der Waals surface area contributed by atoms with Crippen LogP contribution < -0.4 is 10.1 Å². The number of rotatable bonds is 5. The van der Waals surface area contributed by atoms with Crippen molar-refractivity contribution in [3.05, 3.63) is 66.0 Å². The summed E-state index contributed by atoms with van der Waals surface area (Å²) >= 11 is 0. The van der Waals surface area contributed by atoms with Crippen LogP contribution in [0.2, 0.25) is 0 Å². The number of amides is 1. The molecule has 1 amide bonds. The summed E-state index contributed by atoms with van der Waals surface area (Å²) in [6.45, 7) is 0.331. The van der Waals surface area contributed by atoms with Gasteiger partial charge in [0.1, 0.15) is 5.75 Å². The summed E-state index contributed by atoms with van der Waals surface area (Å²) in [5, 5.41) is 7.29. The third-order valence-corrected chi connectivity index (χ3v) is 3.64. The van der Waals surface area contributed by atoms with Crippen LogP contribution in [-0.2, 0) is 13.6 Å². The molecule has 122 valence electrons. The van der Waals surface area contributed by atoms with Gasteiger partial charge in [0.2, 0.25) is 0 Å². The smallest absolute Gasteiger partial charge is 0.255 e. The molecule has 3 aromatic rings. The third-order valence-electron chi connectivity index (χ3n) is 3.64. The standard InChI is InChI=1S/C18H18N4O2/c1-22-16(15-8-5-6-10-19-15)11-13(21-22)12-20-18(23)14-7-3-4-9-17(14)24-2/h3-11H,12H2,1-2H3,(H,20,23). The summed E-state index contributed by atoms with van der Waals surface area (Å²) in [5.74, 6) is 0.350. The Hall–Kier alpha value is -3.15. The Bertz CT molecular complexity index is 843. The van der Waals surface area contributed by atoms with Crippen molar-refractivity contribution in [1.29, 1.82) is 0 Å². The van der Waals surface area contributed by atoms with Crippen molar-refractivity contribution in [2.45, 2.75) is 6.54 Å². The van der Waals surface area contributed by atoms with E-state index in [4.69, 9.17) is 4.74 Å². The Labute approximate surface area is 140 Å². The molecule has 0 saturated heterocycles. The molecule has 0 fully saturated rings. The van der Waals surface area contributed by atoms with Gasteiger partial charge in [-0.2, -0.15) is 5.10 Å². The van der Waals surface area contributed by atoms with Gasteiger partial charge in [-0.15, -0.1) is 0 Å². The summed E-state index contributed by atoms with van der Waals surface area (Å²) < 4.78 is 6.97. The average molecular weight is 322 g/mol. The number of hydrogen-bond donors (Lipinski definition) is 1.